The van der Waals surface area contributed by atoms with Crippen LogP contribution in [0.2, 0.25) is 0 Å². The molecule has 2 saturated heterocycles. The van der Waals surface area contributed by atoms with Crippen molar-refractivity contribution in [1.29, 1.82) is 0 Å². The zero-order valence-electron chi connectivity index (χ0n) is 16.9. The van der Waals surface area contributed by atoms with Gasteiger partial charge in [0.05, 0.1) is 22.4 Å². The molecule has 0 bridgehead atoms. The highest BCUT2D eigenvalue weighted by Crippen LogP contribution is 2.54. The molecule has 3 heterocycles. The van der Waals surface area contributed by atoms with Crippen LogP contribution in [0.4, 0.5) is 17.1 Å². The van der Waals surface area contributed by atoms with Crippen LogP contribution in [-0.4, -0.2) is 28.7 Å². The van der Waals surface area contributed by atoms with Gasteiger partial charge in [0.25, 0.3) is 5.69 Å². The Morgan fingerprint density at radius 1 is 1.03 bits per heavy atom. The number of nitrogens with zero attached hydrogens (tertiary/aromatic N) is 2. The average Bonchev–Trinajstić information content (AvgIpc) is 3.33. The van der Waals surface area contributed by atoms with Crippen molar-refractivity contribution >= 4 is 34.8 Å². The minimum Gasteiger partial charge on any atom is -0.324 e. The number of nitro benzene ring substituents is 1. The summed E-state index contributed by atoms with van der Waals surface area (Å²) in [6.07, 6.45) is 0. The Hall–Kier alpha value is -3.59. The summed E-state index contributed by atoms with van der Waals surface area (Å²) in [4.78, 5) is 51.9. The first-order valence-corrected chi connectivity index (χ1v) is 10.1. The number of nitro groups is 1. The molecule has 2 aromatic rings. The Bertz CT molecular complexity index is 1140. The van der Waals surface area contributed by atoms with E-state index in [-0.39, 0.29) is 29.2 Å². The highest BCUT2D eigenvalue weighted by Gasteiger charge is 2.70. The summed E-state index contributed by atoms with van der Waals surface area (Å²) in [7, 11) is 0. The fourth-order valence-electron chi connectivity index (χ4n) is 5.24. The first-order chi connectivity index (χ1) is 14.8. The standard InChI is InChI=1S/C22H20N4O5/c1-11(2)18-16-17(22(24-18)14-5-3-4-6-15(14)23-21(22)29)20(28)25(19(16)27)12-7-9-13(10-8-12)26(30)31/h3-11,16-18,24H,1-2H3,(H,23,29)/t16-,17+,18+,22+/m1/s1. The van der Waals surface area contributed by atoms with Gasteiger partial charge < -0.3 is 5.32 Å². The summed E-state index contributed by atoms with van der Waals surface area (Å²) >= 11 is 0. The van der Waals surface area contributed by atoms with Gasteiger partial charge >= 0.3 is 0 Å². The number of anilines is 2. The third kappa shape index (κ3) is 2.43. The molecule has 0 aliphatic carbocycles. The maximum absolute atomic E-state index is 13.7. The van der Waals surface area contributed by atoms with Gasteiger partial charge in [-0.15, -0.1) is 0 Å². The second kappa shape index (κ2) is 6.45. The summed E-state index contributed by atoms with van der Waals surface area (Å²) in [5, 5.41) is 17.2. The van der Waals surface area contributed by atoms with Crippen LogP contribution < -0.4 is 15.5 Å². The molecule has 31 heavy (non-hydrogen) atoms. The Balaban J connectivity index is 1.64. The van der Waals surface area contributed by atoms with E-state index < -0.39 is 34.1 Å². The minimum atomic E-state index is -1.33. The topological polar surface area (TPSA) is 122 Å². The zero-order valence-corrected chi connectivity index (χ0v) is 16.9. The normalized spacial score (nSPS) is 28.9. The fraction of sp³-hybridized carbons (Fsp3) is 0.318. The number of carbonyl (C=O) groups is 3. The molecule has 5 rings (SSSR count). The van der Waals surface area contributed by atoms with Gasteiger partial charge in [-0.1, -0.05) is 32.0 Å². The van der Waals surface area contributed by atoms with E-state index in [1.54, 1.807) is 24.3 Å². The smallest absolute Gasteiger partial charge is 0.269 e. The predicted molar refractivity (Wildman–Crippen MR) is 111 cm³/mol. The molecule has 3 amide bonds. The lowest BCUT2D eigenvalue weighted by Gasteiger charge is -2.30. The Labute approximate surface area is 177 Å². The van der Waals surface area contributed by atoms with E-state index in [2.05, 4.69) is 10.6 Å². The molecule has 9 nitrogen and oxygen atoms in total. The number of rotatable bonds is 3. The maximum Gasteiger partial charge on any atom is 0.269 e. The molecule has 0 aromatic heterocycles. The molecule has 3 aliphatic heterocycles. The minimum absolute atomic E-state index is 0.0130. The third-order valence-electron chi connectivity index (χ3n) is 6.59. The molecule has 2 aromatic carbocycles. The average molecular weight is 420 g/mol. The number of hydrogen-bond acceptors (Lipinski definition) is 6. The SMILES string of the molecule is CC(C)[C@@H]1N[C@]2(C(=O)Nc3ccccc32)[C@@H]2C(=O)N(c3ccc([N+](=O)[O-])cc3)C(=O)[C@H]21. The van der Waals surface area contributed by atoms with Crippen molar-refractivity contribution in [2.24, 2.45) is 17.8 Å². The number of imide groups is 1. The largest absolute Gasteiger partial charge is 0.324 e. The van der Waals surface area contributed by atoms with E-state index in [1.165, 1.54) is 24.3 Å². The molecule has 158 valence electrons. The van der Waals surface area contributed by atoms with Crippen LogP contribution in [0.15, 0.2) is 48.5 Å². The Kier molecular flexibility index (Phi) is 4.03. The number of hydrogen-bond donors (Lipinski definition) is 2. The summed E-state index contributed by atoms with van der Waals surface area (Å²) in [6.45, 7) is 3.89. The van der Waals surface area contributed by atoms with Gasteiger partial charge in [0, 0.05) is 29.4 Å². The first-order valence-electron chi connectivity index (χ1n) is 10.1. The van der Waals surface area contributed by atoms with Gasteiger partial charge in [-0.2, -0.15) is 0 Å². The van der Waals surface area contributed by atoms with E-state index in [4.69, 9.17) is 0 Å². The summed E-state index contributed by atoms with van der Waals surface area (Å²) in [5.41, 5.74) is 0.0741. The van der Waals surface area contributed by atoms with Crippen LogP contribution in [0.25, 0.3) is 0 Å². The van der Waals surface area contributed by atoms with Crippen LogP contribution in [0.5, 0.6) is 0 Å². The van der Waals surface area contributed by atoms with Crippen molar-refractivity contribution in [3.05, 3.63) is 64.2 Å². The van der Waals surface area contributed by atoms with E-state index in [0.717, 1.165) is 4.90 Å². The number of nitrogens with one attached hydrogen (secondary N) is 2. The van der Waals surface area contributed by atoms with Crippen molar-refractivity contribution in [3.8, 4) is 0 Å². The van der Waals surface area contributed by atoms with Crippen LogP contribution >= 0.6 is 0 Å². The summed E-state index contributed by atoms with van der Waals surface area (Å²) in [6, 6.07) is 12.1. The van der Waals surface area contributed by atoms with Crippen molar-refractivity contribution < 1.29 is 19.3 Å². The zero-order chi connectivity index (χ0) is 22.1. The van der Waals surface area contributed by atoms with Gasteiger partial charge in [-0.05, 0) is 24.1 Å². The van der Waals surface area contributed by atoms with Gasteiger partial charge in [0.15, 0.2) is 0 Å². The number of amides is 3. The highest BCUT2D eigenvalue weighted by atomic mass is 16.6. The lowest BCUT2D eigenvalue weighted by Crippen LogP contribution is -2.54. The van der Waals surface area contributed by atoms with Gasteiger partial charge in [-0.3, -0.25) is 29.8 Å². The maximum atomic E-state index is 13.7. The highest BCUT2D eigenvalue weighted by molar-refractivity contribution is 6.25. The monoisotopic (exact) mass is 420 g/mol. The molecule has 2 fully saturated rings. The van der Waals surface area contributed by atoms with Crippen LogP contribution in [-0.2, 0) is 19.9 Å². The Morgan fingerprint density at radius 3 is 2.35 bits per heavy atom. The number of benzene rings is 2. The predicted octanol–water partition coefficient (Wildman–Crippen LogP) is 2.18. The van der Waals surface area contributed by atoms with E-state index in [0.29, 0.717) is 11.3 Å². The molecular weight excluding hydrogens is 400 g/mol. The number of para-hydroxylation sites is 1. The molecule has 0 saturated carbocycles. The lowest BCUT2D eigenvalue weighted by molar-refractivity contribution is -0.384. The molecule has 0 unspecified atom stereocenters. The summed E-state index contributed by atoms with van der Waals surface area (Å²) < 4.78 is 0. The molecule has 4 atom stereocenters. The van der Waals surface area contributed by atoms with Crippen molar-refractivity contribution in [2.75, 3.05) is 10.2 Å². The third-order valence-corrected chi connectivity index (χ3v) is 6.59. The van der Waals surface area contributed by atoms with Gasteiger partial charge in [-0.25, -0.2) is 4.90 Å². The second-order valence-corrected chi connectivity index (χ2v) is 8.51. The van der Waals surface area contributed by atoms with Crippen LogP contribution in [0.1, 0.15) is 19.4 Å². The quantitative estimate of drug-likeness (QED) is 0.446. The van der Waals surface area contributed by atoms with E-state index in [1.807, 2.05) is 13.8 Å². The number of fused-ring (bicyclic) bond motifs is 4. The number of non-ortho nitro benzene ring substituents is 1. The molecule has 0 radical (unpaired) electrons. The van der Waals surface area contributed by atoms with Gasteiger partial charge in [0.1, 0.15) is 5.54 Å². The number of carbonyl (C=O) groups excluding carboxylic acids is 3. The second-order valence-electron chi connectivity index (χ2n) is 8.51. The lowest BCUT2D eigenvalue weighted by atomic mass is 9.76. The molecule has 2 N–H and O–H groups in total. The first kappa shape index (κ1) is 19.4. The molecule has 3 aliphatic rings. The fourth-order valence-corrected chi connectivity index (χ4v) is 5.24. The van der Waals surface area contributed by atoms with Crippen molar-refractivity contribution in [2.45, 2.75) is 25.4 Å². The molecule has 9 heteroatoms. The van der Waals surface area contributed by atoms with Crippen LogP contribution in [0, 0.1) is 27.9 Å². The van der Waals surface area contributed by atoms with Crippen molar-refractivity contribution in [1.82, 2.24) is 5.32 Å². The Morgan fingerprint density at radius 2 is 1.71 bits per heavy atom. The molecular formula is C22H20N4O5. The van der Waals surface area contributed by atoms with Crippen molar-refractivity contribution in [3.63, 3.8) is 0 Å². The van der Waals surface area contributed by atoms with E-state index in [9.17, 15) is 24.5 Å². The molecule has 1 spiro atoms. The van der Waals surface area contributed by atoms with Crippen LogP contribution in [0.3, 0.4) is 0 Å². The van der Waals surface area contributed by atoms with E-state index >= 15 is 0 Å². The summed E-state index contributed by atoms with van der Waals surface area (Å²) in [5.74, 6) is -2.87. The van der Waals surface area contributed by atoms with Gasteiger partial charge in [0.2, 0.25) is 17.7 Å².